The van der Waals surface area contributed by atoms with Gasteiger partial charge >= 0.3 is 0 Å². The number of nitrogen functional groups attached to an aromatic ring is 1. The summed E-state index contributed by atoms with van der Waals surface area (Å²) in [5.41, 5.74) is 5.41. The van der Waals surface area contributed by atoms with Crippen molar-refractivity contribution < 1.29 is 0 Å². The molecule has 0 radical (unpaired) electrons. The van der Waals surface area contributed by atoms with E-state index < -0.39 is 0 Å². The zero-order chi connectivity index (χ0) is 7.40. The van der Waals surface area contributed by atoms with Crippen LogP contribution in [0.3, 0.4) is 0 Å². The number of aromatic nitrogens is 4. The zero-order valence-electron chi connectivity index (χ0n) is 5.99. The molecule has 10 heavy (non-hydrogen) atoms. The minimum absolute atomic E-state index is 0.397. The van der Waals surface area contributed by atoms with Crippen LogP contribution in [-0.4, -0.2) is 20.2 Å². The smallest absolute Gasteiger partial charge is 0.240 e. The first-order chi connectivity index (χ1) is 4.84. The third-order valence-corrected chi connectivity index (χ3v) is 1.28. The van der Waals surface area contributed by atoms with Gasteiger partial charge in [-0.05, 0) is 16.8 Å². The molecule has 0 aliphatic rings. The molecule has 0 saturated carbocycles. The van der Waals surface area contributed by atoms with Gasteiger partial charge in [-0.1, -0.05) is 18.4 Å². The highest BCUT2D eigenvalue weighted by molar-refractivity contribution is 5.09. The molecular weight excluding hydrogens is 130 g/mol. The lowest BCUT2D eigenvalue weighted by atomic mass is 10.3. The summed E-state index contributed by atoms with van der Waals surface area (Å²) in [4.78, 5) is 0. The van der Waals surface area contributed by atoms with Crippen LogP contribution in [-0.2, 0) is 6.54 Å². The fourth-order valence-corrected chi connectivity index (χ4v) is 0.679. The van der Waals surface area contributed by atoms with Gasteiger partial charge in [0.15, 0.2) is 0 Å². The van der Waals surface area contributed by atoms with Gasteiger partial charge in [-0.2, -0.15) is 0 Å². The van der Waals surface area contributed by atoms with Crippen molar-refractivity contribution in [2.45, 2.75) is 26.3 Å². The molecule has 0 aliphatic heterocycles. The predicted octanol–water partition coefficient (Wildman–Crippen LogP) is 0.0554. The van der Waals surface area contributed by atoms with Crippen LogP contribution in [0, 0.1) is 0 Å². The van der Waals surface area contributed by atoms with Gasteiger partial charge in [0, 0.05) is 6.54 Å². The third kappa shape index (κ3) is 1.43. The van der Waals surface area contributed by atoms with Crippen molar-refractivity contribution in [3.05, 3.63) is 0 Å². The van der Waals surface area contributed by atoms with Crippen molar-refractivity contribution in [1.82, 2.24) is 20.2 Å². The highest BCUT2D eigenvalue weighted by atomic mass is 15.6. The van der Waals surface area contributed by atoms with E-state index in [-0.39, 0.29) is 0 Å². The number of rotatable bonds is 3. The second-order valence-corrected chi connectivity index (χ2v) is 2.11. The van der Waals surface area contributed by atoms with Crippen LogP contribution in [0.2, 0.25) is 0 Å². The second kappa shape index (κ2) is 3.14. The van der Waals surface area contributed by atoms with Crippen LogP contribution in [0.25, 0.3) is 0 Å². The number of hydrogen-bond acceptors (Lipinski definition) is 4. The summed E-state index contributed by atoms with van der Waals surface area (Å²) in [6.07, 6.45) is 2.19. The molecule has 0 saturated heterocycles. The maximum Gasteiger partial charge on any atom is 0.240 e. The van der Waals surface area contributed by atoms with Gasteiger partial charge in [0.25, 0.3) is 0 Å². The van der Waals surface area contributed by atoms with Crippen molar-refractivity contribution in [3.63, 3.8) is 0 Å². The number of nitrogens with two attached hydrogens (primary N) is 1. The van der Waals surface area contributed by atoms with Gasteiger partial charge in [-0.25, -0.2) is 4.68 Å². The Morgan fingerprint density at radius 2 is 2.40 bits per heavy atom. The number of tetrazole rings is 1. The second-order valence-electron chi connectivity index (χ2n) is 2.11. The SMILES string of the molecule is CCCCn1nnnc1N. The number of aryl methyl sites for hydroxylation is 1. The Morgan fingerprint density at radius 1 is 1.60 bits per heavy atom. The molecule has 1 heterocycles. The van der Waals surface area contributed by atoms with Gasteiger partial charge in [0.1, 0.15) is 0 Å². The van der Waals surface area contributed by atoms with E-state index in [1.165, 1.54) is 0 Å². The Bertz CT molecular complexity index is 194. The van der Waals surface area contributed by atoms with Crippen molar-refractivity contribution >= 4 is 5.95 Å². The van der Waals surface area contributed by atoms with Gasteiger partial charge in [0.2, 0.25) is 5.95 Å². The van der Waals surface area contributed by atoms with Crippen molar-refractivity contribution in [2.24, 2.45) is 0 Å². The lowest BCUT2D eigenvalue weighted by Crippen LogP contribution is -2.04. The number of hydrogen-bond donors (Lipinski definition) is 1. The quantitative estimate of drug-likeness (QED) is 0.646. The molecule has 0 bridgehead atoms. The summed E-state index contributed by atoms with van der Waals surface area (Å²) >= 11 is 0. The summed E-state index contributed by atoms with van der Waals surface area (Å²) in [6.45, 7) is 2.93. The highest BCUT2D eigenvalue weighted by Crippen LogP contribution is 1.95. The van der Waals surface area contributed by atoms with Gasteiger partial charge < -0.3 is 5.73 Å². The fraction of sp³-hybridized carbons (Fsp3) is 0.800. The molecule has 5 nitrogen and oxygen atoms in total. The van der Waals surface area contributed by atoms with E-state index in [1.54, 1.807) is 4.68 Å². The van der Waals surface area contributed by atoms with Crippen molar-refractivity contribution in [3.8, 4) is 0 Å². The Morgan fingerprint density at radius 3 is 2.90 bits per heavy atom. The van der Waals surface area contributed by atoms with E-state index in [0.29, 0.717) is 5.95 Å². The molecule has 0 unspecified atom stereocenters. The van der Waals surface area contributed by atoms with Gasteiger partial charge in [-0.15, -0.1) is 0 Å². The summed E-state index contributed by atoms with van der Waals surface area (Å²) in [7, 11) is 0. The van der Waals surface area contributed by atoms with Crippen LogP contribution in [0.4, 0.5) is 5.95 Å². The Hall–Kier alpha value is -1.13. The highest BCUT2D eigenvalue weighted by Gasteiger charge is 1.97. The van der Waals surface area contributed by atoms with E-state index in [4.69, 9.17) is 5.73 Å². The van der Waals surface area contributed by atoms with E-state index in [9.17, 15) is 0 Å². The Kier molecular flexibility index (Phi) is 2.20. The molecule has 0 aromatic carbocycles. The van der Waals surface area contributed by atoms with Gasteiger partial charge in [0.05, 0.1) is 0 Å². The van der Waals surface area contributed by atoms with Crippen LogP contribution >= 0.6 is 0 Å². The molecule has 1 aromatic rings. The fourth-order valence-electron chi connectivity index (χ4n) is 0.679. The van der Waals surface area contributed by atoms with Crippen molar-refractivity contribution in [2.75, 3.05) is 5.73 Å². The minimum atomic E-state index is 0.397. The monoisotopic (exact) mass is 141 g/mol. The molecule has 1 aromatic heterocycles. The molecule has 0 atom stereocenters. The first-order valence-electron chi connectivity index (χ1n) is 3.36. The molecule has 1 rings (SSSR count). The summed E-state index contributed by atoms with van der Waals surface area (Å²) in [5.74, 6) is 0.397. The first kappa shape index (κ1) is 6.98. The first-order valence-corrected chi connectivity index (χ1v) is 3.36. The molecule has 0 spiro atoms. The lowest BCUT2D eigenvalue weighted by Gasteiger charge is -1.96. The largest absolute Gasteiger partial charge is 0.367 e. The molecule has 0 aliphatic carbocycles. The number of unbranched alkanes of at least 4 members (excludes halogenated alkanes) is 1. The maximum atomic E-state index is 5.41. The average Bonchev–Trinajstić information content (AvgIpc) is 2.31. The zero-order valence-corrected chi connectivity index (χ0v) is 5.99. The van der Waals surface area contributed by atoms with E-state index >= 15 is 0 Å². The predicted molar refractivity (Wildman–Crippen MR) is 37.1 cm³/mol. The summed E-state index contributed by atoms with van der Waals surface area (Å²) in [6, 6.07) is 0. The van der Waals surface area contributed by atoms with Crippen molar-refractivity contribution in [1.29, 1.82) is 0 Å². The number of anilines is 1. The molecule has 0 amide bonds. The standard InChI is InChI=1S/C5H11N5/c1-2-3-4-10-5(6)7-8-9-10/h2-4H2,1H3,(H2,6,7,9). The molecule has 56 valence electrons. The van der Waals surface area contributed by atoms with E-state index in [0.717, 1.165) is 19.4 Å². The Labute approximate surface area is 59.2 Å². The third-order valence-electron chi connectivity index (χ3n) is 1.28. The summed E-state index contributed by atoms with van der Waals surface area (Å²) in [5, 5.41) is 10.6. The Balaban J connectivity index is 2.49. The maximum absolute atomic E-state index is 5.41. The van der Waals surface area contributed by atoms with E-state index in [2.05, 4.69) is 22.4 Å². The summed E-state index contributed by atoms with van der Waals surface area (Å²) < 4.78 is 1.60. The van der Waals surface area contributed by atoms with E-state index in [1.807, 2.05) is 0 Å². The van der Waals surface area contributed by atoms with Gasteiger partial charge in [-0.3, -0.25) is 0 Å². The molecule has 0 fully saturated rings. The number of nitrogens with zero attached hydrogens (tertiary/aromatic N) is 4. The molecule has 2 N–H and O–H groups in total. The molecular formula is C5H11N5. The lowest BCUT2D eigenvalue weighted by molar-refractivity contribution is 0.559. The van der Waals surface area contributed by atoms with Crippen LogP contribution in [0.1, 0.15) is 19.8 Å². The average molecular weight is 141 g/mol. The normalized spacial score (nSPS) is 10.1. The van der Waals surface area contributed by atoms with Crippen LogP contribution in [0.15, 0.2) is 0 Å². The van der Waals surface area contributed by atoms with Crippen LogP contribution < -0.4 is 5.73 Å². The molecule has 5 heteroatoms. The van der Waals surface area contributed by atoms with Crippen LogP contribution in [0.5, 0.6) is 0 Å². The topological polar surface area (TPSA) is 69.6 Å². The minimum Gasteiger partial charge on any atom is -0.367 e.